The summed E-state index contributed by atoms with van der Waals surface area (Å²) in [7, 11) is -3.63. The zero-order valence-corrected chi connectivity index (χ0v) is 17.5. The maximum absolute atomic E-state index is 11.8. The molecule has 1 aromatic carbocycles. The van der Waals surface area contributed by atoms with E-state index in [1.807, 2.05) is 6.07 Å². The van der Waals surface area contributed by atoms with Crippen molar-refractivity contribution in [2.45, 2.75) is 32.1 Å². The van der Waals surface area contributed by atoms with Crippen molar-refractivity contribution >= 4 is 16.1 Å². The van der Waals surface area contributed by atoms with E-state index in [0.717, 1.165) is 0 Å². The molecular weight excluding hydrogens is 388 g/mol. The zero-order chi connectivity index (χ0) is 20.9. The molecule has 0 aliphatic carbocycles. The molecule has 9 heteroatoms. The van der Waals surface area contributed by atoms with Crippen molar-refractivity contribution in [2.24, 2.45) is 0 Å². The van der Waals surface area contributed by atoms with Gasteiger partial charge in [0.1, 0.15) is 18.0 Å². The second-order valence-corrected chi connectivity index (χ2v) is 8.51. The quantitative estimate of drug-likeness (QED) is 0.257. The number of carbonyl (C=O) groups excluding carboxylic acids is 1. The lowest BCUT2D eigenvalue weighted by Gasteiger charge is -2.19. The summed E-state index contributed by atoms with van der Waals surface area (Å²) < 4.78 is 49.3. The number of rotatable bonds is 14. The van der Waals surface area contributed by atoms with E-state index in [0.29, 0.717) is 25.4 Å². The van der Waals surface area contributed by atoms with Crippen LogP contribution in [0.1, 0.15) is 26.3 Å². The van der Waals surface area contributed by atoms with Crippen LogP contribution in [0.5, 0.6) is 0 Å². The number of benzene rings is 1. The van der Waals surface area contributed by atoms with Crippen LogP contribution in [0.25, 0.3) is 0 Å². The van der Waals surface area contributed by atoms with Crippen molar-refractivity contribution in [3.63, 3.8) is 0 Å². The van der Waals surface area contributed by atoms with E-state index in [4.69, 9.17) is 23.1 Å². The van der Waals surface area contributed by atoms with Gasteiger partial charge in [-0.25, -0.2) is 4.79 Å². The van der Waals surface area contributed by atoms with Crippen molar-refractivity contribution in [3.05, 3.63) is 35.9 Å². The molecule has 28 heavy (non-hydrogen) atoms. The predicted molar refractivity (Wildman–Crippen MR) is 103 cm³/mol. The second kappa shape index (κ2) is 12.8. The fourth-order valence-electron chi connectivity index (χ4n) is 2.01. The Kier molecular flexibility index (Phi) is 11.2. The molecule has 0 spiro atoms. The fraction of sp³-hybridized carbons (Fsp3) is 0.632. The Bertz CT molecular complexity index is 652. The average molecular weight is 419 g/mol. The zero-order valence-electron chi connectivity index (χ0n) is 16.7. The molecule has 0 saturated carbocycles. The largest absolute Gasteiger partial charge is 0.458 e. The lowest BCUT2D eigenvalue weighted by Crippen LogP contribution is -2.27. The number of hydrogen-bond acceptors (Lipinski definition) is 8. The van der Waals surface area contributed by atoms with E-state index in [9.17, 15) is 13.2 Å². The Balaban J connectivity index is 1.94. The van der Waals surface area contributed by atoms with E-state index >= 15 is 0 Å². The molecule has 0 aliphatic heterocycles. The SMILES string of the molecule is CC(C)(C)OC(=O)COCCOCCOCCOS(=O)(=O)Cc1ccccc1. The van der Waals surface area contributed by atoms with Crippen LogP contribution in [0.4, 0.5) is 0 Å². The summed E-state index contributed by atoms with van der Waals surface area (Å²) in [5, 5.41) is 0. The van der Waals surface area contributed by atoms with Gasteiger partial charge in [-0.3, -0.25) is 4.18 Å². The van der Waals surface area contributed by atoms with Crippen molar-refractivity contribution in [1.29, 1.82) is 0 Å². The number of hydrogen-bond donors (Lipinski definition) is 0. The van der Waals surface area contributed by atoms with Crippen LogP contribution < -0.4 is 0 Å². The summed E-state index contributed by atoms with van der Waals surface area (Å²) in [6, 6.07) is 8.82. The molecule has 0 saturated heterocycles. The normalized spacial score (nSPS) is 12.1. The van der Waals surface area contributed by atoms with Gasteiger partial charge in [0, 0.05) is 0 Å². The average Bonchev–Trinajstić information content (AvgIpc) is 2.58. The molecule has 0 amide bonds. The maximum atomic E-state index is 11.8. The van der Waals surface area contributed by atoms with Gasteiger partial charge in [0.05, 0.1) is 39.6 Å². The summed E-state index contributed by atoms with van der Waals surface area (Å²) in [5.41, 5.74) is 0.143. The summed E-state index contributed by atoms with van der Waals surface area (Å²) in [6.45, 7) is 6.55. The van der Waals surface area contributed by atoms with Crippen LogP contribution in [-0.4, -0.2) is 66.2 Å². The third-order valence-corrected chi connectivity index (χ3v) is 4.27. The van der Waals surface area contributed by atoms with Gasteiger partial charge < -0.3 is 18.9 Å². The molecule has 0 bridgehead atoms. The van der Waals surface area contributed by atoms with Crippen molar-refractivity contribution in [2.75, 3.05) is 46.2 Å². The second-order valence-electron chi connectivity index (χ2n) is 6.87. The van der Waals surface area contributed by atoms with Gasteiger partial charge in [0.25, 0.3) is 10.1 Å². The Morgan fingerprint density at radius 1 is 0.857 bits per heavy atom. The molecule has 8 nitrogen and oxygen atoms in total. The molecule has 0 atom stereocenters. The van der Waals surface area contributed by atoms with Gasteiger partial charge in [-0.2, -0.15) is 8.42 Å². The monoisotopic (exact) mass is 418 g/mol. The minimum absolute atomic E-state index is 0.0475. The molecule has 1 rings (SSSR count). The summed E-state index contributed by atoms with van der Waals surface area (Å²) in [6.07, 6.45) is 0. The highest BCUT2D eigenvalue weighted by atomic mass is 32.2. The standard InChI is InChI=1S/C19H30O8S/c1-19(2,3)27-18(20)15-25-12-11-23-9-10-24-13-14-26-28(21,22)16-17-7-5-4-6-8-17/h4-8H,9-16H2,1-3H3. The number of esters is 1. The minimum Gasteiger partial charge on any atom is -0.458 e. The predicted octanol–water partition coefficient (Wildman–Crippen LogP) is 1.92. The van der Waals surface area contributed by atoms with E-state index in [-0.39, 0.29) is 32.2 Å². The molecule has 160 valence electrons. The molecule has 0 unspecified atom stereocenters. The maximum Gasteiger partial charge on any atom is 0.332 e. The highest BCUT2D eigenvalue weighted by Gasteiger charge is 2.16. The summed E-state index contributed by atoms with van der Waals surface area (Å²) in [4.78, 5) is 11.4. The van der Waals surface area contributed by atoms with Gasteiger partial charge in [-0.15, -0.1) is 0 Å². The Morgan fingerprint density at radius 3 is 1.96 bits per heavy atom. The van der Waals surface area contributed by atoms with E-state index in [1.54, 1.807) is 45.0 Å². The van der Waals surface area contributed by atoms with E-state index in [2.05, 4.69) is 0 Å². The lowest BCUT2D eigenvalue weighted by atomic mass is 10.2. The van der Waals surface area contributed by atoms with Crippen LogP contribution in [-0.2, 0) is 43.8 Å². The Morgan fingerprint density at radius 2 is 1.39 bits per heavy atom. The lowest BCUT2D eigenvalue weighted by molar-refractivity contribution is -0.160. The highest BCUT2D eigenvalue weighted by Crippen LogP contribution is 2.07. The van der Waals surface area contributed by atoms with Gasteiger partial charge in [-0.05, 0) is 26.3 Å². The molecule has 1 aromatic rings. The minimum atomic E-state index is -3.63. The first-order valence-electron chi connectivity index (χ1n) is 9.04. The molecule has 0 fully saturated rings. The third-order valence-electron chi connectivity index (χ3n) is 3.06. The smallest absolute Gasteiger partial charge is 0.332 e. The molecule has 0 heterocycles. The van der Waals surface area contributed by atoms with E-state index < -0.39 is 21.7 Å². The summed E-state index contributed by atoms with van der Waals surface area (Å²) in [5.74, 6) is -0.585. The van der Waals surface area contributed by atoms with Gasteiger partial charge in [0.15, 0.2) is 0 Å². The first-order valence-corrected chi connectivity index (χ1v) is 10.6. The topological polar surface area (TPSA) is 97.4 Å². The van der Waals surface area contributed by atoms with Gasteiger partial charge in [0.2, 0.25) is 0 Å². The summed E-state index contributed by atoms with van der Waals surface area (Å²) >= 11 is 0. The first kappa shape index (κ1) is 24.5. The molecule has 0 N–H and O–H groups in total. The molecule has 0 radical (unpaired) electrons. The highest BCUT2D eigenvalue weighted by molar-refractivity contribution is 7.85. The Labute approximate surface area is 167 Å². The first-order chi connectivity index (χ1) is 13.2. The molecule has 0 aliphatic rings. The van der Waals surface area contributed by atoms with Crippen LogP contribution >= 0.6 is 0 Å². The van der Waals surface area contributed by atoms with Crippen LogP contribution in [0, 0.1) is 0 Å². The van der Waals surface area contributed by atoms with Crippen molar-refractivity contribution < 1.29 is 36.3 Å². The van der Waals surface area contributed by atoms with Crippen LogP contribution in [0.15, 0.2) is 30.3 Å². The number of ether oxygens (including phenoxy) is 4. The van der Waals surface area contributed by atoms with Gasteiger partial charge >= 0.3 is 5.97 Å². The molecule has 0 aromatic heterocycles. The number of carbonyl (C=O) groups is 1. The van der Waals surface area contributed by atoms with Crippen LogP contribution in [0.3, 0.4) is 0 Å². The van der Waals surface area contributed by atoms with Crippen molar-refractivity contribution in [3.8, 4) is 0 Å². The van der Waals surface area contributed by atoms with Gasteiger partial charge in [-0.1, -0.05) is 30.3 Å². The van der Waals surface area contributed by atoms with Crippen LogP contribution in [0.2, 0.25) is 0 Å². The van der Waals surface area contributed by atoms with E-state index in [1.165, 1.54) is 0 Å². The Hall–Kier alpha value is -1.52. The third kappa shape index (κ3) is 13.6. The molecular formula is C19H30O8S. The van der Waals surface area contributed by atoms with Crippen molar-refractivity contribution in [1.82, 2.24) is 0 Å². The fourth-order valence-corrected chi connectivity index (χ4v) is 3.01.